The van der Waals surface area contributed by atoms with E-state index in [1.165, 1.54) is 11.1 Å². The van der Waals surface area contributed by atoms with Gasteiger partial charge >= 0.3 is 0 Å². The molecule has 37 heavy (non-hydrogen) atoms. The van der Waals surface area contributed by atoms with Gasteiger partial charge in [0.05, 0.1) is 25.5 Å². The Morgan fingerprint density at radius 3 is 2.68 bits per heavy atom. The molecule has 0 saturated carbocycles. The summed E-state index contributed by atoms with van der Waals surface area (Å²) in [7, 11) is 0. The number of aryl methyl sites for hydroxylation is 2. The van der Waals surface area contributed by atoms with Crippen LogP contribution in [0.4, 0.5) is 0 Å². The Bertz CT molecular complexity index is 1190. The fraction of sp³-hybridized carbons (Fsp3) is 0.467. The van der Waals surface area contributed by atoms with Crippen molar-refractivity contribution in [1.82, 2.24) is 20.0 Å². The molecule has 2 bridgehead atoms. The van der Waals surface area contributed by atoms with Crippen LogP contribution in [-0.2, 0) is 24.2 Å². The topological polar surface area (TPSA) is 68.6 Å². The summed E-state index contributed by atoms with van der Waals surface area (Å²) in [6, 6.07) is 16.5. The zero-order valence-electron chi connectivity index (χ0n) is 22.6. The second kappa shape index (κ2) is 12.9. The molecule has 7 heteroatoms. The smallest absolute Gasteiger partial charge is 0.251 e. The van der Waals surface area contributed by atoms with E-state index in [2.05, 4.69) is 53.4 Å². The Hall–Kier alpha value is -3.16. The Morgan fingerprint density at radius 1 is 1.05 bits per heavy atom. The predicted molar refractivity (Wildman–Crippen MR) is 146 cm³/mol. The van der Waals surface area contributed by atoms with Crippen LogP contribution in [0.25, 0.3) is 0 Å². The van der Waals surface area contributed by atoms with Crippen molar-refractivity contribution in [3.05, 3.63) is 82.2 Å². The van der Waals surface area contributed by atoms with Crippen LogP contribution in [0.3, 0.4) is 0 Å². The molecule has 4 rings (SSSR count). The zero-order valence-corrected chi connectivity index (χ0v) is 22.6. The van der Waals surface area contributed by atoms with Crippen LogP contribution < -0.4 is 10.1 Å². The standard InChI is InChI=1S/C30H40N4O3/c1-22(2)20-33-12-13-36-14-15-37-29-9-8-27(19-28(29)18-25-6-5-7-26(17-25)21-33)30(35)31-10-11-34-24(4)16-23(3)32-34/h5-9,16-17,19,22H,10-15,18,20-21H2,1-4H3,(H,31,35). The SMILES string of the molecule is Cc1cc(C)n(CCNC(=O)c2ccc3c(c2)Cc2cccc(c2)CN(CC(C)C)CCOCCO3)n1. The minimum Gasteiger partial charge on any atom is -0.491 e. The van der Waals surface area contributed by atoms with Crippen LogP contribution >= 0.6 is 0 Å². The van der Waals surface area contributed by atoms with E-state index in [0.717, 1.165) is 42.3 Å². The number of aromatic nitrogens is 2. The number of hydrogen-bond acceptors (Lipinski definition) is 5. The first-order valence-electron chi connectivity index (χ1n) is 13.3. The van der Waals surface area contributed by atoms with Gasteiger partial charge in [0.25, 0.3) is 5.91 Å². The number of hydrogen-bond donors (Lipinski definition) is 1. The lowest BCUT2D eigenvalue weighted by atomic mass is 9.99. The molecule has 0 atom stereocenters. The van der Waals surface area contributed by atoms with Gasteiger partial charge in [0.2, 0.25) is 0 Å². The predicted octanol–water partition coefficient (Wildman–Crippen LogP) is 4.39. The third kappa shape index (κ3) is 7.91. The number of nitrogens with zero attached hydrogens (tertiary/aromatic N) is 3. The van der Waals surface area contributed by atoms with Gasteiger partial charge < -0.3 is 14.8 Å². The highest BCUT2D eigenvalue weighted by Gasteiger charge is 2.14. The average molecular weight is 505 g/mol. The van der Waals surface area contributed by atoms with E-state index in [-0.39, 0.29) is 5.91 Å². The summed E-state index contributed by atoms with van der Waals surface area (Å²) < 4.78 is 13.9. The van der Waals surface area contributed by atoms with Crippen LogP contribution in [0, 0.1) is 19.8 Å². The van der Waals surface area contributed by atoms with E-state index in [9.17, 15) is 4.79 Å². The molecule has 7 nitrogen and oxygen atoms in total. The Morgan fingerprint density at radius 2 is 1.89 bits per heavy atom. The number of ether oxygens (including phenoxy) is 2. The monoisotopic (exact) mass is 504 g/mol. The highest BCUT2D eigenvalue weighted by Crippen LogP contribution is 2.25. The summed E-state index contributed by atoms with van der Waals surface area (Å²) in [6.07, 6.45) is 0.696. The maximum atomic E-state index is 13.0. The van der Waals surface area contributed by atoms with Crippen molar-refractivity contribution in [3.8, 4) is 5.75 Å². The molecule has 0 fully saturated rings. The van der Waals surface area contributed by atoms with Crippen molar-refractivity contribution in [1.29, 1.82) is 0 Å². The third-order valence-corrected chi connectivity index (χ3v) is 6.49. The third-order valence-electron chi connectivity index (χ3n) is 6.49. The molecule has 3 aromatic rings. The van der Waals surface area contributed by atoms with E-state index in [4.69, 9.17) is 9.47 Å². The van der Waals surface area contributed by atoms with Crippen molar-refractivity contribution in [2.24, 2.45) is 5.92 Å². The number of fused-ring (bicyclic) bond motifs is 3. The summed E-state index contributed by atoms with van der Waals surface area (Å²) in [4.78, 5) is 15.4. The van der Waals surface area contributed by atoms with Gasteiger partial charge in [0, 0.05) is 43.9 Å². The van der Waals surface area contributed by atoms with Gasteiger partial charge in [-0.3, -0.25) is 14.4 Å². The lowest BCUT2D eigenvalue weighted by Gasteiger charge is -2.25. The van der Waals surface area contributed by atoms with Crippen molar-refractivity contribution in [2.45, 2.75) is 47.2 Å². The van der Waals surface area contributed by atoms with Crippen molar-refractivity contribution in [3.63, 3.8) is 0 Å². The second-order valence-electron chi connectivity index (χ2n) is 10.3. The highest BCUT2D eigenvalue weighted by atomic mass is 16.5. The van der Waals surface area contributed by atoms with Crippen LogP contribution in [0.15, 0.2) is 48.5 Å². The number of amides is 1. The van der Waals surface area contributed by atoms with Crippen LogP contribution in [0.5, 0.6) is 5.75 Å². The van der Waals surface area contributed by atoms with Crippen LogP contribution in [0.1, 0.15) is 52.3 Å². The fourth-order valence-electron chi connectivity index (χ4n) is 4.85. The molecule has 2 heterocycles. The average Bonchev–Trinajstić information content (AvgIpc) is 3.17. The summed E-state index contributed by atoms with van der Waals surface area (Å²) in [5, 5.41) is 7.50. The van der Waals surface area contributed by atoms with Crippen molar-refractivity contribution in [2.75, 3.05) is 39.5 Å². The van der Waals surface area contributed by atoms with Crippen molar-refractivity contribution < 1.29 is 14.3 Å². The van der Waals surface area contributed by atoms with E-state index in [0.29, 0.717) is 50.8 Å². The number of benzene rings is 2. The van der Waals surface area contributed by atoms with Crippen LogP contribution in [-0.4, -0.2) is 60.0 Å². The van der Waals surface area contributed by atoms with Gasteiger partial charge in [0.1, 0.15) is 12.4 Å². The minimum atomic E-state index is -0.0925. The molecule has 0 aliphatic carbocycles. The molecule has 1 aliphatic heterocycles. The largest absolute Gasteiger partial charge is 0.491 e. The normalized spacial score (nSPS) is 15.1. The van der Waals surface area contributed by atoms with Gasteiger partial charge in [0.15, 0.2) is 0 Å². The maximum absolute atomic E-state index is 13.0. The quantitative estimate of drug-likeness (QED) is 0.539. The molecule has 1 N–H and O–H groups in total. The summed E-state index contributed by atoms with van der Waals surface area (Å²) >= 11 is 0. The fourth-order valence-corrected chi connectivity index (χ4v) is 4.85. The van der Waals surface area contributed by atoms with Crippen LogP contribution in [0.2, 0.25) is 0 Å². The lowest BCUT2D eigenvalue weighted by Crippen LogP contribution is -2.31. The minimum absolute atomic E-state index is 0.0925. The van der Waals surface area contributed by atoms with Gasteiger partial charge in [-0.1, -0.05) is 38.1 Å². The van der Waals surface area contributed by atoms with Crippen molar-refractivity contribution >= 4 is 5.91 Å². The molecule has 1 aromatic heterocycles. The summed E-state index contributed by atoms with van der Waals surface area (Å²) in [5.74, 6) is 1.30. The first kappa shape index (κ1) is 26.9. The molecule has 0 spiro atoms. The van der Waals surface area contributed by atoms with Gasteiger partial charge in [-0.2, -0.15) is 5.10 Å². The second-order valence-corrected chi connectivity index (χ2v) is 10.3. The van der Waals surface area contributed by atoms with E-state index >= 15 is 0 Å². The summed E-state index contributed by atoms with van der Waals surface area (Å²) in [5.41, 5.74) is 6.20. The summed E-state index contributed by atoms with van der Waals surface area (Å²) in [6.45, 7) is 14.2. The first-order chi connectivity index (χ1) is 17.9. The van der Waals surface area contributed by atoms with Gasteiger partial charge in [-0.05, 0) is 60.7 Å². The molecule has 0 saturated heterocycles. The zero-order chi connectivity index (χ0) is 26.2. The van der Waals surface area contributed by atoms with E-state index in [1.807, 2.05) is 42.8 Å². The number of carbonyl (C=O) groups excluding carboxylic acids is 1. The van der Waals surface area contributed by atoms with Gasteiger partial charge in [-0.25, -0.2) is 0 Å². The van der Waals surface area contributed by atoms with E-state index < -0.39 is 0 Å². The first-order valence-corrected chi connectivity index (χ1v) is 13.3. The van der Waals surface area contributed by atoms with Gasteiger partial charge in [-0.15, -0.1) is 0 Å². The molecule has 198 valence electrons. The Labute approximate surface area is 220 Å². The molecule has 2 aromatic carbocycles. The maximum Gasteiger partial charge on any atom is 0.251 e. The highest BCUT2D eigenvalue weighted by molar-refractivity contribution is 5.94. The number of nitrogens with one attached hydrogen (secondary N) is 1. The Balaban J connectivity index is 1.49. The molecule has 0 unspecified atom stereocenters. The number of carbonyl (C=O) groups is 1. The molecule has 0 radical (unpaired) electrons. The molecular weight excluding hydrogens is 464 g/mol. The Kier molecular flexibility index (Phi) is 9.36. The number of rotatable bonds is 6. The molecule has 1 amide bonds. The molecule has 1 aliphatic rings. The molecular formula is C30H40N4O3. The van der Waals surface area contributed by atoms with E-state index in [1.54, 1.807) is 0 Å². The lowest BCUT2D eigenvalue weighted by molar-refractivity contribution is 0.0746.